The molecule has 0 amide bonds. The molecule has 7 nitrogen and oxygen atoms in total. The standard InChI is InChI=1S/C17H23NO6/c1-16(2)19-9-10(22-16)12-13(20-11-7-5-6-8-18-11)14-15(21-12)24-17(3,4)23-14/h5-8,10,12-15H,9H2,1-4H3/t10-,12-,13+,14-,15-/m1/s1. The molecule has 4 heterocycles. The van der Waals surface area contributed by atoms with Gasteiger partial charge in [-0.05, 0) is 33.8 Å². The van der Waals surface area contributed by atoms with E-state index in [1.54, 1.807) is 12.3 Å². The van der Waals surface area contributed by atoms with Gasteiger partial charge in [-0.15, -0.1) is 0 Å². The minimum absolute atomic E-state index is 0.255. The molecule has 3 saturated heterocycles. The molecule has 132 valence electrons. The molecule has 0 radical (unpaired) electrons. The van der Waals surface area contributed by atoms with Crippen molar-refractivity contribution >= 4 is 0 Å². The van der Waals surface area contributed by atoms with Gasteiger partial charge >= 0.3 is 0 Å². The maximum absolute atomic E-state index is 6.10. The average Bonchev–Trinajstić information content (AvgIpc) is 3.11. The summed E-state index contributed by atoms with van der Waals surface area (Å²) in [6, 6.07) is 5.52. The van der Waals surface area contributed by atoms with Crippen LogP contribution < -0.4 is 4.74 Å². The average molecular weight is 337 g/mol. The molecule has 3 aliphatic rings. The van der Waals surface area contributed by atoms with Gasteiger partial charge in [0.1, 0.15) is 12.2 Å². The van der Waals surface area contributed by atoms with Crippen LogP contribution in [0.5, 0.6) is 5.88 Å². The van der Waals surface area contributed by atoms with Crippen molar-refractivity contribution in [3.05, 3.63) is 24.4 Å². The summed E-state index contributed by atoms with van der Waals surface area (Å²) in [5.41, 5.74) is 0. The van der Waals surface area contributed by atoms with E-state index in [-0.39, 0.29) is 18.3 Å². The van der Waals surface area contributed by atoms with Crippen LogP contribution >= 0.6 is 0 Å². The molecule has 0 bridgehead atoms. The zero-order valence-electron chi connectivity index (χ0n) is 14.3. The van der Waals surface area contributed by atoms with E-state index >= 15 is 0 Å². The first-order valence-corrected chi connectivity index (χ1v) is 8.24. The first-order chi connectivity index (χ1) is 11.3. The van der Waals surface area contributed by atoms with Crippen molar-refractivity contribution < 1.29 is 28.4 Å². The Kier molecular flexibility index (Phi) is 3.81. The van der Waals surface area contributed by atoms with E-state index < -0.39 is 24.0 Å². The molecule has 4 rings (SSSR count). The third-order valence-electron chi connectivity index (χ3n) is 4.32. The highest BCUT2D eigenvalue weighted by Crippen LogP contribution is 2.41. The van der Waals surface area contributed by atoms with Gasteiger partial charge in [0, 0.05) is 12.3 Å². The van der Waals surface area contributed by atoms with E-state index in [1.807, 2.05) is 39.8 Å². The summed E-state index contributed by atoms with van der Waals surface area (Å²) in [7, 11) is 0. The van der Waals surface area contributed by atoms with Crippen molar-refractivity contribution in [3.8, 4) is 5.88 Å². The summed E-state index contributed by atoms with van der Waals surface area (Å²) in [6.07, 6.45) is -0.166. The van der Waals surface area contributed by atoms with Gasteiger partial charge in [0.15, 0.2) is 30.1 Å². The molecular formula is C17H23NO6. The topological polar surface area (TPSA) is 68.3 Å². The largest absolute Gasteiger partial charge is 0.468 e. The van der Waals surface area contributed by atoms with E-state index in [0.717, 1.165) is 0 Å². The van der Waals surface area contributed by atoms with Crippen LogP contribution in [0.2, 0.25) is 0 Å². The first kappa shape index (κ1) is 16.2. The molecule has 0 unspecified atom stereocenters. The molecule has 0 N–H and O–H groups in total. The van der Waals surface area contributed by atoms with Crippen LogP contribution in [-0.4, -0.2) is 53.9 Å². The lowest BCUT2D eigenvalue weighted by atomic mass is 10.1. The number of pyridine rings is 1. The molecule has 1 aromatic rings. The number of aromatic nitrogens is 1. The lowest BCUT2D eigenvalue weighted by Crippen LogP contribution is -2.46. The van der Waals surface area contributed by atoms with E-state index in [9.17, 15) is 0 Å². The molecule has 24 heavy (non-hydrogen) atoms. The van der Waals surface area contributed by atoms with Crippen molar-refractivity contribution in [1.29, 1.82) is 0 Å². The quantitative estimate of drug-likeness (QED) is 0.834. The minimum atomic E-state index is -0.710. The van der Waals surface area contributed by atoms with E-state index in [4.69, 9.17) is 28.4 Å². The molecule has 3 aliphatic heterocycles. The van der Waals surface area contributed by atoms with Crippen molar-refractivity contribution in [3.63, 3.8) is 0 Å². The van der Waals surface area contributed by atoms with Crippen molar-refractivity contribution in [2.24, 2.45) is 0 Å². The van der Waals surface area contributed by atoms with Gasteiger partial charge in [-0.3, -0.25) is 0 Å². The molecule has 0 spiro atoms. The van der Waals surface area contributed by atoms with Crippen LogP contribution in [0, 0.1) is 0 Å². The Balaban J connectivity index is 1.57. The van der Waals surface area contributed by atoms with Gasteiger partial charge in [0.05, 0.1) is 6.61 Å². The van der Waals surface area contributed by atoms with Crippen molar-refractivity contribution in [2.45, 2.75) is 70.0 Å². The maximum atomic E-state index is 6.10. The Hall–Kier alpha value is -1.25. The number of fused-ring (bicyclic) bond motifs is 1. The lowest BCUT2D eigenvalue weighted by molar-refractivity contribution is -0.230. The predicted octanol–water partition coefficient (Wildman–Crippen LogP) is 1.86. The fourth-order valence-electron chi connectivity index (χ4n) is 3.37. The fourth-order valence-corrected chi connectivity index (χ4v) is 3.37. The number of hydrogen-bond donors (Lipinski definition) is 0. The van der Waals surface area contributed by atoms with Gasteiger partial charge in [0.25, 0.3) is 0 Å². The Morgan fingerprint density at radius 2 is 1.88 bits per heavy atom. The minimum Gasteiger partial charge on any atom is -0.468 e. The van der Waals surface area contributed by atoms with Gasteiger partial charge in [-0.2, -0.15) is 0 Å². The van der Waals surface area contributed by atoms with Crippen LogP contribution in [-0.2, 0) is 23.7 Å². The van der Waals surface area contributed by atoms with Crippen molar-refractivity contribution in [2.75, 3.05) is 6.61 Å². The van der Waals surface area contributed by atoms with Crippen LogP contribution in [0.1, 0.15) is 27.7 Å². The predicted molar refractivity (Wildman–Crippen MR) is 82.3 cm³/mol. The number of rotatable bonds is 3. The lowest BCUT2D eigenvalue weighted by Gasteiger charge is -2.29. The normalized spacial score (nSPS) is 39.8. The van der Waals surface area contributed by atoms with E-state index in [0.29, 0.717) is 12.5 Å². The fraction of sp³-hybridized carbons (Fsp3) is 0.706. The molecular weight excluding hydrogens is 314 g/mol. The smallest absolute Gasteiger partial charge is 0.213 e. The van der Waals surface area contributed by atoms with Crippen LogP contribution in [0.3, 0.4) is 0 Å². The Bertz CT molecular complexity index is 592. The highest BCUT2D eigenvalue weighted by Gasteiger charge is 2.59. The van der Waals surface area contributed by atoms with Gasteiger partial charge in [0.2, 0.25) is 5.88 Å². The Morgan fingerprint density at radius 3 is 2.54 bits per heavy atom. The van der Waals surface area contributed by atoms with Gasteiger partial charge < -0.3 is 28.4 Å². The second-order valence-electron chi connectivity index (χ2n) is 7.19. The monoisotopic (exact) mass is 337 g/mol. The number of ether oxygens (including phenoxy) is 6. The second-order valence-corrected chi connectivity index (χ2v) is 7.19. The summed E-state index contributed by atoms with van der Waals surface area (Å²) < 4.78 is 35.7. The molecule has 3 fully saturated rings. The number of hydrogen-bond acceptors (Lipinski definition) is 7. The molecule has 0 aromatic carbocycles. The number of nitrogens with zero attached hydrogens (tertiary/aromatic N) is 1. The molecule has 0 saturated carbocycles. The maximum Gasteiger partial charge on any atom is 0.213 e. The van der Waals surface area contributed by atoms with Crippen LogP contribution in [0.15, 0.2) is 24.4 Å². The summed E-state index contributed by atoms with van der Waals surface area (Å²) in [4.78, 5) is 4.24. The zero-order valence-corrected chi connectivity index (χ0v) is 14.3. The highest BCUT2D eigenvalue weighted by molar-refractivity contribution is 5.12. The molecule has 0 aliphatic carbocycles. The van der Waals surface area contributed by atoms with E-state index in [2.05, 4.69) is 4.98 Å². The van der Waals surface area contributed by atoms with Gasteiger partial charge in [-0.25, -0.2) is 4.98 Å². The molecule has 5 atom stereocenters. The van der Waals surface area contributed by atoms with E-state index in [1.165, 1.54) is 0 Å². The summed E-state index contributed by atoms with van der Waals surface area (Å²) >= 11 is 0. The Labute approximate surface area is 141 Å². The Morgan fingerprint density at radius 1 is 1.04 bits per heavy atom. The second kappa shape index (κ2) is 5.64. The SMILES string of the molecule is CC1(C)O[C@H]2O[C@H]([C@H]3COC(C)(C)O3)[C@H](Oc3ccccn3)[C@H]2O1. The third-order valence-corrected chi connectivity index (χ3v) is 4.32. The van der Waals surface area contributed by atoms with Crippen molar-refractivity contribution in [1.82, 2.24) is 4.98 Å². The summed E-state index contributed by atoms with van der Waals surface area (Å²) in [5, 5.41) is 0. The van der Waals surface area contributed by atoms with Gasteiger partial charge in [-0.1, -0.05) is 6.07 Å². The highest BCUT2D eigenvalue weighted by atomic mass is 16.8. The summed E-state index contributed by atoms with van der Waals surface area (Å²) in [5.74, 6) is -0.830. The molecule has 1 aromatic heterocycles. The van der Waals surface area contributed by atoms with Crippen LogP contribution in [0.4, 0.5) is 0 Å². The van der Waals surface area contributed by atoms with Crippen LogP contribution in [0.25, 0.3) is 0 Å². The summed E-state index contributed by atoms with van der Waals surface area (Å²) in [6.45, 7) is 7.92. The zero-order chi connectivity index (χ0) is 16.9. The third kappa shape index (κ3) is 3.02. The molecule has 7 heteroatoms. The first-order valence-electron chi connectivity index (χ1n) is 8.24.